The van der Waals surface area contributed by atoms with Gasteiger partial charge in [0.1, 0.15) is 11.5 Å². The van der Waals surface area contributed by atoms with Crippen LogP contribution in [0.1, 0.15) is 41.7 Å². The zero-order valence-electron chi connectivity index (χ0n) is 14.0. The molecule has 0 aromatic carbocycles. The molecule has 1 fully saturated rings. The number of furan rings is 1. The van der Waals surface area contributed by atoms with E-state index in [4.69, 9.17) is 9.15 Å². The van der Waals surface area contributed by atoms with Crippen LogP contribution in [-0.2, 0) is 24.8 Å². The fourth-order valence-corrected chi connectivity index (χ4v) is 3.48. The smallest absolute Gasteiger partial charge is 0.118 e. The third-order valence-electron chi connectivity index (χ3n) is 4.97. The van der Waals surface area contributed by atoms with Gasteiger partial charge in [0.05, 0.1) is 31.1 Å². The fourth-order valence-electron chi connectivity index (χ4n) is 3.48. The van der Waals surface area contributed by atoms with E-state index in [-0.39, 0.29) is 6.04 Å². The fraction of sp³-hybridized carbons (Fsp3) is 0.611. The summed E-state index contributed by atoms with van der Waals surface area (Å²) in [7, 11) is 2.03. The first-order valence-electron chi connectivity index (χ1n) is 8.58. The molecule has 2 aliphatic rings. The largest absolute Gasteiger partial charge is 0.465 e. The highest BCUT2D eigenvalue weighted by atomic mass is 16.5. The van der Waals surface area contributed by atoms with Crippen LogP contribution in [0.4, 0.5) is 0 Å². The molecule has 0 spiro atoms. The Kier molecular flexibility index (Phi) is 3.99. The lowest BCUT2D eigenvalue weighted by Gasteiger charge is -2.35. The van der Waals surface area contributed by atoms with Crippen LogP contribution < -0.4 is 0 Å². The second kappa shape index (κ2) is 6.13. The number of nitrogens with zero attached hydrogens (tertiary/aromatic N) is 3. The van der Waals surface area contributed by atoms with Crippen LogP contribution in [0.3, 0.4) is 0 Å². The summed E-state index contributed by atoms with van der Waals surface area (Å²) >= 11 is 0. The van der Waals surface area contributed by atoms with E-state index in [1.54, 1.807) is 0 Å². The quantitative estimate of drug-likeness (QED) is 0.822. The van der Waals surface area contributed by atoms with Crippen LogP contribution in [-0.4, -0.2) is 34.4 Å². The molecule has 1 aliphatic carbocycles. The Morgan fingerprint density at radius 3 is 2.91 bits per heavy atom. The van der Waals surface area contributed by atoms with Gasteiger partial charge in [-0.1, -0.05) is 0 Å². The minimum absolute atomic E-state index is 0.260. The maximum Gasteiger partial charge on any atom is 0.118 e. The SMILES string of the molecule is Cc1ccc(CN2CCc3cnn(C)c3[C@H]2COCC2CC2)o1. The van der Waals surface area contributed by atoms with Crippen molar-refractivity contribution in [3.8, 4) is 0 Å². The lowest BCUT2D eigenvalue weighted by molar-refractivity contribution is 0.0383. The number of ether oxygens (including phenoxy) is 1. The second-order valence-corrected chi connectivity index (χ2v) is 6.91. The van der Waals surface area contributed by atoms with Gasteiger partial charge in [-0.2, -0.15) is 5.10 Å². The predicted octanol–water partition coefficient (Wildman–Crippen LogP) is 2.85. The van der Waals surface area contributed by atoms with Crippen molar-refractivity contribution in [3.05, 3.63) is 41.1 Å². The summed E-state index contributed by atoms with van der Waals surface area (Å²) in [4.78, 5) is 2.47. The molecule has 0 amide bonds. The van der Waals surface area contributed by atoms with Crippen LogP contribution in [0.5, 0.6) is 0 Å². The Labute approximate surface area is 137 Å². The highest BCUT2D eigenvalue weighted by Gasteiger charge is 2.32. The van der Waals surface area contributed by atoms with E-state index in [1.165, 1.54) is 24.1 Å². The minimum Gasteiger partial charge on any atom is -0.465 e. The van der Waals surface area contributed by atoms with Crippen LogP contribution >= 0.6 is 0 Å². The number of hydrogen-bond acceptors (Lipinski definition) is 4. The van der Waals surface area contributed by atoms with Crippen molar-refractivity contribution in [3.63, 3.8) is 0 Å². The van der Waals surface area contributed by atoms with Gasteiger partial charge in [-0.3, -0.25) is 9.58 Å². The van der Waals surface area contributed by atoms with Crippen molar-refractivity contribution in [2.24, 2.45) is 13.0 Å². The van der Waals surface area contributed by atoms with Crippen molar-refractivity contribution < 1.29 is 9.15 Å². The van der Waals surface area contributed by atoms with Gasteiger partial charge >= 0.3 is 0 Å². The van der Waals surface area contributed by atoms with Crippen molar-refractivity contribution in [1.29, 1.82) is 0 Å². The molecule has 2 aromatic heterocycles. The van der Waals surface area contributed by atoms with E-state index >= 15 is 0 Å². The summed E-state index contributed by atoms with van der Waals surface area (Å²) in [6.45, 7) is 5.49. The van der Waals surface area contributed by atoms with E-state index in [2.05, 4.69) is 16.1 Å². The zero-order valence-corrected chi connectivity index (χ0v) is 14.0. The molecule has 5 heteroatoms. The molecule has 23 heavy (non-hydrogen) atoms. The maximum atomic E-state index is 6.04. The molecule has 1 aliphatic heterocycles. The Balaban J connectivity index is 1.52. The molecule has 3 heterocycles. The van der Waals surface area contributed by atoms with Gasteiger partial charge in [0.25, 0.3) is 0 Å². The van der Waals surface area contributed by atoms with Gasteiger partial charge in [0, 0.05) is 20.2 Å². The van der Waals surface area contributed by atoms with Gasteiger partial charge in [-0.05, 0) is 49.8 Å². The van der Waals surface area contributed by atoms with Crippen molar-refractivity contribution in [2.75, 3.05) is 19.8 Å². The Morgan fingerprint density at radius 2 is 2.17 bits per heavy atom. The third kappa shape index (κ3) is 3.21. The first-order chi connectivity index (χ1) is 11.2. The van der Waals surface area contributed by atoms with Gasteiger partial charge in [-0.25, -0.2) is 0 Å². The monoisotopic (exact) mass is 315 g/mol. The van der Waals surface area contributed by atoms with E-state index in [1.807, 2.05) is 30.9 Å². The van der Waals surface area contributed by atoms with Crippen molar-refractivity contribution >= 4 is 0 Å². The van der Waals surface area contributed by atoms with E-state index in [9.17, 15) is 0 Å². The summed E-state index contributed by atoms with van der Waals surface area (Å²) < 4.78 is 13.8. The van der Waals surface area contributed by atoms with E-state index in [0.717, 1.165) is 50.2 Å². The molecule has 4 rings (SSSR count). The first kappa shape index (κ1) is 15.0. The van der Waals surface area contributed by atoms with Crippen LogP contribution in [0.25, 0.3) is 0 Å². The van der Waals surface area contributed by atoms with Crippen LogP contribution in [0, 0.1) is 12.8 Å². The number of rotatable bonds is 6. The Hall–Kier alpha value is -1.59. The van der Waals surface area contributed by atoms with E-state index < -0.39 is 0 Å². The highest BCUT2D eigenvalue weighted by molar-refractivity contribution is 5.25. The normalized spacial score (nSPS) is 21.6. The Morgan fingerprint density at radius 1 is 1.30 bits per heavy atom. The molecule has 1 saturated carbocycles. The first-order valence-corrected chi connectivity index (χ1v) is 8.58. The summed E-state index contributed by atoms with van der Waals surface area (Å²) in [5.41, 5.74) is 2.66. The predicted molar refractivity (Wildman–Crippen MR) is 87.1 cm³/mol. The molecule has 0 saturated heterocycles. The summed E-state index contributed by atoms with van der Waals surface area (Å²) in [6, 6.07) is 4.37. The summed E-state index contributed by atoms with van der Waals surface area (Å²) in [6.07, 6.45) is 5.72. The summed E-state index contributed by atoms with van der Waals surface area (Å²) in [5, 5.41) is 4.46. The molecular formula is C18H25N3O2. The lowest BCUT2D eigenvalue weighted by atomic mass is 10.00. The van der Waals surface area contributed by atoms with Gasteiger partial charge in [-0.15, -0.1) is 0 Å². The summed E-state index contributed by atoms with van der Waals surface area (Å²) in [5.74, 6) is 2.80. The number of fused-ring (bicyclic) bond motifs is 1. The molecule has 0 radical (unpaired) electrons. The lowest BCUT2D eigenvalue weighted by Crippen LogP contribution is -2.38. The molecule has 0 N–H and O–H groups in total. The minimum atomic E-state index is 0.260. The third-order valence-corrected chi connectivity index (χ3v) is 4.97. The number of aryl methyl sites for hydroxylation is 2. The zero-order chi connectivity index (χ0) is 15.8. The second-order valence-electron chi connectivity index (χ2n) is 6.91. The average molecular weight is 315 g/mol. The molecule has 2 aromatic rings. The van der Waals surface area contributed by atoms with Crippen molar-refractivity contribution in [1.82, 2.24) is 14.7 Å². The standard InChI is InChI=1S/C18H25N3O2/c1-13-3-6-16(23-13)10-21-8-7-15-9-19-20(2)18(15)17(21)12-22-11-14-4-5-14/h3,6,9,14,17H,4-5,7-8,10-12H2,1-2H3/t17-/m1/s1. The topological polar surface area (TPSA) is 43.4 Å². The van der Waals surface area contributed by atoms with Gasteiger partial charge in [0.2, 0.25) is 0 Å². The van der Waals surface area contributed by atoms with Gasteiger partial charge < -0.3 is 9.15 Å². The molecule has 0 unspecified atom stereocenters. The van der Waals surface area contributed by atoms with Gasteiger partial charge in [0.15, 0.2) is 0 Å². The Bertz CT molecular complexity index is 672. The van der Waals surface area contributed by atoms with Crippen LogP contribution in [0.2, 0.25) is 0 Å². The number of hydrogen-bond donors (Lipinski definition) is 0. The van der Waals surface area contributed by atoms with E-state index in [0.29, 0.717) is 0 Å². The molecular weight excluding hydrogens is 290 g/mol. The molecule has 5 nitrogen and oxygen atoms in total. The van der Waals surface area contributed by atoms with Crippen LogP contribution in [0.15, 0.2) is 22.7 Å². The maximum absolute atomic E-state index is 6.04. The molecule has 1 atom stereocenters. The molecule has 0 bridgehead atoms. The number of aromatic nitrogens is 2. The van der Waals surface area contributed by atoms with Crippen molar-refractivity contribution in [2.45, 2.75) is 38.8 Å². The molecule has 124 valence electrons. The highest BCUT2D eigenvalue weighted by Crippen LogP contribution is 2.33. The average Bonchev–Trinajstić information content (AvgIpc) is 3.16.